The summed E-state index contributed by atoms with van der Waals surface area (Å²) in [5.41, 5.74) is 7.40. The molecule has 2 atom stereocenters. The number of fused-ring (bicyclic) bond motifs is 1. The van der Waals surface area contributed by atoms with Crippen molar-refractivity contribution in [2.75, 3.05) is 13.2 Å². The first-order valence-electron chi connectivity index (χ1n) is 6.17. The Balaban J connectivity index is 1.85. The molecule has 1 aliphatic heterocycles. The van der Waals surface area contributed by atoms with Crippen molar-refractivity contribution in [3.63, 3.8) is 0 Å². The summed E-state index contributed by atoms with van der Waals surface area (Å²) in [5, 5.41) is 1.27. The molecule has 0 aromatic carbocycles. The minimum Gasteiger partial charge on any atom is -0.381 e. The van der Waals surface area contributed by atoms with Gasteiger partial charge in [-0.15, -0.1) is 11.3 Å². The Morgan fingerprint density at radius 1 is 1.31 bits per heavy atom. The lowest BCUT2D eigenvalue weighted by atomic mass is 9.99. The Morgan fingerprint density at radius 2 is 2.25 bits per heavy atom. The Morgan fingerprint density at radius 3 is 3.00 bits per heavy atom. The second-order valence-corrected chi connectivity index (χ2v) is 5.84. The van der Waals surface area contributed by atoms with E-state index < -0.39 is 0 Å². The van der Waals surface area contributed by atoms with E-state index in [2.05, 4.69) is 0 Å². The van der Waals surface area contributed by atoms with E-state index in [0.29, 0.717) is 5.92 Å². The first-order valence-corrected chi connectivity index (χ1v) is 6.99. The van der Waals surface area contributed by atoms with Gasteiger partial charge in [-0.1, -0.05) is 0 Å². The molecule has 0 saturated carbocycles. The SMILES string of the molecule is NC1CCCc2nc(C3CCCOC3)sc21. The maximum Gasteiger partial charge on any atom is 0.0985 e. The van der Waals surface area contributed by atoms with Crippen LogP contribution < -0.4 is 5.73 Å². The molecule has 2 unspecified atom stereocenters. The van der Waals surface area contributed by atoms with Crippen molar-refractivity contribution in [1.29, 1.82) is 0 Å². The minimum absolute atomic E-state index is 0.236. The van der Waals surface area contributed by atoms with Crippen LogP contribution in [0.2, 0.25) is 0 Å². The molecule has 1 saturated heterocycles. The highest BCUT2D eigenvalue weighted by Gasteiger charge is 2.26. The molecule has 0 spiro atoms. The molecule has 3 rings (SSSR count). The van der Waals surface area contributed by atoms with Crippen LogP contribution in [0.1, 0.15) is 53.2 Å². The molecule has 2 N–H and O–H groups in total. The molecule has 1 aliphatic carbocycles. The van der Waals surface area contributed by atoms with Gasteiger partial charge in [0.05, 0.1) is 17.3 Å². The molecule has 0 amide bonds. The standard InChI is InChI=1S/C12H18N2OS/c13-9-4-1-5-10-11(9)16-12(14-10)8-3-2-6-15-7-8/h8-9H,1-7,13H2. The number of rotatable bonds is 1. The van der Waals surface area contributed by atoms with Crippen LogP contribution in [0.25, 0.3) is 0 Å². The average molecular weight is 238 g/mol. The van der Waals surface area contributed by atoms with Gasteiger partial charge >= 0.3 is 0 Å². The lowest BCUT2D eigenvalue weighted by Gasteiger charge is -2.19. The van der Waals surface area contributed by atoms with Crippen LogP contribution in [0.4, 0.5) is 0 Å². The largest absolute Gasteiger partial charge is 0.381 e. The summed E-state index contributed by atoms with van der Waals surface area (Å²) in [7, 11) is 0. The van der Waals surface area contributed by atoms with Crippen molar-refractivity contribution in [2.24, 2.45) is 5.73 Å². The average Bonchev–Trinajstić information content (AvgIpc) is 2.76. The number of aromatic nitrogens is 1. The van der Waals surface area contributed by atoms with Crippen LogP contribution in [0, 0.1) is 0 Å². The van der Waals surface area contributed by atoms with Gasteiger partial charge in [-0.05, 0) is 32.1 Å². The fourth-order valence-corrected chi connectivity index (χ4v) is 3.85. The summed E-state index contributed by atoms with van der Waals surface area (Å²) in [5.74, 6) is 0.525. The van der Waals surface area contributed by atoms with E-state index in [1.54, 1.807) is 0 Å². The third-order valence-electron chi connectivity index (χ3n) is 3.52. The first kappa shape index (κ1) is 10.7. The van der Waals surface area contributed by atoms with Crippen LogP contribution in [0.15, 0.2) is 0 Å². The zero-order valence-corrected chi connectivity index (χ0v) is 10.3. The van der Waals surface area contributed by atoms with Crippen LogP contribution >= 0.6 is 11.3 Å². The number of ether oxygens (including phenoxy) is 1. The summed E-state index contributed by atoms with van der Waals surface area (Å²) in [6.07, 6.45) is 5.82. The normalized spacial score (nSPS) is 30.1. The third-order valence-corrected chi connectivity index (χ3v) is 4.91. The summed E-state index contributed by atoms with van der Waals surface area (Å²) in [6, 6.07) is 0.236. The molecule has 0 bridgehead atoms. The molecule has 3 nitrogen and oxygen atoms in total. The highest BCUT2D eigenvalue weighted by atomic mass is 32.1. The second-order valence-electron chi connectivity index (χ2n) is 4.78. The maximum atomic E-state index is 6.13. The van der Waals surface area contributed by atoms with Crippen molar-refractivity contribution < 1.29 is 4.74 Å². The molecule has 88 valence electrons. The number of hydrogen-bond donors (Lipinski definition) is 1. The van der Waals surface area contributed by atoms with Gasteiger partial charge in [-0.2, -0.15) is 0 Å². The first-order chi connectivity index (χ1) is 7.84. The molecule has 4 heteroatoms. The van der Waals surface area contributed by atoms with Gasteiger partial charge in [0.1, 0.15) is 0 Å². The van der Waals surface area contributed by atoms with Gasteiger partial charge in [-0.3, -0.25) is 0 Å². The molecular weight excluding hydrogens is 220 g/mol. The Kier molecular flexibility index (Phi) is 2.96. The van der Waals surface area contributed by atoms with Gasteiger partial charge in [-0.25, -0.2) is 4.98 Å². The van der Waals surface area contributed by atoms with Gasteiger partial charge in [0, 0.05) is 23.4 Å². The molecule has 0 radical (unpaired) electrons. The molecule has 2 aliphatic rings. The number of thiazole rings is 1. The monoisotopic (exact) mass is 238 g/mol. The van der Waals surface area contributed by atoms with Crippen molar-refractivity contribution >= 4 is 11.3 Å². The van der Waals surface area contributed by atoms with Gasteiger partial charge in [0.25, 0.3) is 0 Å². The van der Waals surface area contributed by atoms with E-state index in [9.17, 15) is 0 Å². The van der Waals surface area contributed by atoms with Crippen LogP contribution in [-0.2, 0) is 11.2 Å². The minimum atomic E-state index is 0.236. The summed E-state index contributed by atoms with van der Waals surface area (Å²) >= 11 is 1.83. The Bertz CT molecular complexity index is 371. The van der Waals surface area contributed by atoms with E-state index in [4.69, 9.17) is 15.5 Å². The lowest BCUT2D eigenvalue weighted by Crippen LogP contribution is -2.15. The number of aryl methyl sites for hydroxylation is 1. The number of nitrogens with two attached hydrogens (primary N) is 1. The van der Waals surface area contributed by atoms with Gasteiger partial charge < -0.3 is 10.5 Å². The van der Waals surface area contributed by atoms with Crippen LogP contribution in [-0.4, -0.2) is 18.2 Å². The van der Waals surface area contributed by atoms with E-state index >= 15 is 0 Å². The van der Waals surface area contributed by atoms with E-state index in [1.807, 2.05) is 11.3 Å². The molecule has 1 fully saturated rings. The van der Waals surface area contributed by atoms with Crippen LogP contribution in [0.3, 0.4) is 0 Å². The van der Waals surface area contributed by atoms with E-state index in [-0.39, 0.29) is 6.04 Å². The fraction of sp³-hybridized carbons (Fsp3) is 0.750. The summed E-state index contributed by atoms with van der Waals surface area (Å²) in [4.78, 5) is 6.12. The van der Waals surface area contributed by atoms with Crippen molar-refractivity contribution in [2.45, 2.75) is 44.1 Å². The molecule has 1 aromatic heterocycles. The topological polar surface area (TPSA) is 48.1 Å². The highest BCUT2D eigenvalue weighted by molar-refractivity contribution is 7.12. The third kappa shape index (κ3) is 1.90. The Hall–Kier alpha value is -0.450. The Labute approximate surface area is 100 Å². The smallest absolute Gasteiger partial charge is 0.0985 e. The van der Waals surface area contributed by atoms with Crippen molar-refractivity contribution in [3.05, 3.63) is 15.6 Å². The highest BCUT2D eigenvalue weighted by Crippen LogP contribution is 2.37. The molecule has 2 heterocycles. The van der Waals surface area contributed by atoms with Crippen molar-refractivity contribution in [3.8, 4) is 0 Å². The zero-order chi connectivity index (χ0) is 11.0. The molecule has 16 heavy (non-hydrogen) atoms. The van der Waals surface area contributed by atoms with Crippen LogP contribution in [0.5, 0.6) is 0 Å². The van der Waals surface area contributed by atoms with Gasteiger partial charge in [0.2, 0.25) is 0 Å². The van der Waals surface area contributed by atoms with E-state index in [1.165, 1.54) is 34.8 Å². The quantitative estimate of drug-likeness (QED) is 0.817. The van der Waals surface area contributed by atoms with Crippen molar-refractivity contribution in [1.82, 2.24) is 4.98 Å². The molecule has 1 aromatic rings. The zero-order valence-electron chi connectivity index (χ0n) is 9.45. The summed E-state index contributed by atoms with van der Waals surface area (Å²) in [6.45, 7) is 1.77. The fourth-order valence-electron chi connectivity index (χ4n) is 2.58. The second kappa shape index (κ2) is 4.43. The predicted molar refractivity (Wildman–Crippen MR) is 64.8 cm³/mol. The summed E-state index contributed by atoms with van der Waals surface area (Å²) < 4.78 is 5.53. The lowest BCUT2D eigenvalue weighted by molar-refractivity contribution is 0.0803. The maximum absolute atomic E-state index is 6.13. The van der Waals surface area contributed by atoms with E-state index in [0.717, 1.165) is 26.1 Å². The molecular formula is C12H18N2OS. The van der Waals surface area contributed by atoms with Gasteiger partial charge in [0.15, 0.2) is 0 Å². The number of hydrogen-bond acceptors (Lipinski definition) is 4. The predicted octanol–water partition coefficient (Wildman–Crippen LogP) is 2.37. The number of nitrogens with zero attached hydrogens (tertiary/aromatic N) is 1.